The van der Waals surface area contributed by atoms with Crippen molar-refractivity contribution in [1.82, 2.24) is 4.98 Å². The first kappa shape index (κ1) is 16.5. The Hall–Kier alpha value is -3.39. The fraction of sp³-hybridized carbons (Fsp3) is 0.100. The lowest BCUT2D eigenvalue weighted by Crippen LogP contribution is -2.04. The second kappa shape index (κ2) is 6.62. The monoisotopic (exact) mass is 333 g/mol. The van der Waals surface area contributed by atoms with Crippen LogP contribution in [0.15, 0.2) is 48.5 Å². The number of nitrogens with two attached hydrogens (primary N) is 1. The minimum atomic E-state index is -0.430. The van der Waals surface area contributed by atoms with Gasteiger partial charge in [-0.2, -0.15) is 5.26 Å². The lowest BCUT2D eigenvalue weighted by atomic mass is 9.89. The molecule has 2 N–H and O–H groups in total. The van der Waals surface area contributed by atoms with E-state index in [1.807, 2.05) is 24.3 Å². The SMILES string of the molecule is COc1ccccc1-c1c(C)nc(N)c(C#N)c1-c1ccccc1F. The Morgan fingerprint density at radius 2 is 1.68 bits per heavy atom. The van der Waals surface area contributed by atoms with Gasteiger partial charge < -0.3 is 10.5 Å². The number of ether oxygens (including phenoxy) is 1. The van der Waals surface area contributed by atoms with Gasteiger partial charge in [-0.1, -0.05) is 36.4 Å². The van der Waals surface area contributed by atoms with E-state index >= 15 is 0 Å². The van der Waals surface area contributed by atoms with Crippen molar-refractivity contribution >= 4 is 5.82 Å². The van der Waals surface area contributed by atoms with E-state index in [4.69, 9.17) is 10.5 Å². The minimum absolute atomic E-state index is 0.0805. The Morgan fingerprint density at radius 3 is 2.32 bits per heavy atom. The summed E-state index contributed by atoms with van der Waals surface area (Å²) in [7, 11) is 1.56. The van der Waals surface area contributed by atoms with Gasteiger partial charge in [-0.25, -0.2) is 9.37 Å². The maximum atomic E-state index is 14.5. The maximum Gasteiger partial charge on any atom is 0.142 e. The summed E-state index contributed by atoms with van der Waals surface area (Å²) in [6, 6.07) is 15.7. The Labute approximate surface area is 145 Å². The second-order valence-electron chi connectivity index (χ2n) is 5.50. The topological polar surface area (TPSA) is 71.9 Å². The van der Waals surface area contributed by atoms with Gasteiger partial charge in [0.1, 0.15) is 29.0 Å². The molecule has 3 rings (SSSR count). The first-order valence-corrected chi connectivity index (χ1v) is 7.67. The van der Waals surface area contributed by atoms with Crippen molar-refractivity contribution in [2.75, 3.05) is 12.8 Å². The number of nitrogen functional groups attached to an aromatic ring is 1. The van der Waals surface area contributed by atoms with E-state index in [1.54, 1.807) is 32.2 Å². The van der Waals surface area contributed by atoms with E-state index in [0.29, 0.717) is 28.1 Å². The van der Waals surface area contributed by atoms with E-state index in [2.05, 4.69) is 11.1 Å². The van der Waals surface area contributed by atoms with Gasteiger partial charge in [0.25, 0.3) is 0 Å². The zero-order chi connectivity index (χ0) is 18.0. The zero-order valence-electron chi connectivity index (χ0n) is 13.9. The molecule has 1 aromatic heterocycles. The molecule has 0 atom stereocenters. The number of halogens is 1. The summed E-state index contributed by atoms with van der Waals surface area (Å²) in [4.78, 5) is 4.29. The van der Waals surface area contributed by atoms with Crippen molar-refractivity contribution in [2.24, 2.45) is 0 Å². The van der Waals surface area contributed by atoms with Crippen molar-refractivity contribution in [3.63, 3.8) is 0 Å². The average molecular weight is 333 g/mol. The number of pyridine rings is 1. The summed E-state index contributed by atoms with van der Waals surface area (Å²) in [5.41, 5.74) is 8.78. The molecule has 1 heterocycles. The third-order valence-corrected chi connectivity index (χ3v) is 4.04. The molecule has 0 saturated carbocycles. The van der Waals surface area contributed by atoms with Crippen molar-refractivity contribution in [3.8, 4) is 34.1 Å². The molecule has 25 heavy (non-hydrogen) atoms. The lowest BCUT2D eigenvalue weighted by Gasteiger charge is -2.18. The molecule has 0 aliphatic carbocycles. The quantitative estimate of drug-likeness (QED) is 0.774. The normalized spacial score (nSPS) is 10.3. The van der Waals surface area contributed by atoms with Gasteiger partial charge in [0, 0.05) is 27.9 Å². The standard InChI is InChI=1S/C20H16FN3O/c1-12-18(14-8-4-6-10-17(14)25-2)19(15(11-22)20(23)24-12)13-7-3-5-9-16(13)21/h3-10H,1-2H3,(H2,23,24). The number of aromatic nitrogens is 1. The summed E-state index contributed by atoms with van der Waals surface area (Å²) >= 11 is 0. The third-order valence-electron chi connectivity index (χ3n) is 4.04. The summed E-state index contributed by atoms with van der Waals surface area (Å²) in [6.07, 6.45) is 0. The maximum absolute atomic E-state index is 14.5. The first-order chi connectivity index (χ1) is 12.1. The Kier molecular flexibility index (Phi) is 4.36. The molecule has 124 valence electrons. The second-order valence-corrected chi connectivity index (χ2v) is 5.50. The molecule has 0 amide bonds. The summed E-state index contributed by atoms with van der Waals surface area (Å²) in [6.45, 7) is 1.78. The van der Waals surface area contributed by atoms with E-state index in [9.17, 15) is 9.65 Å². The van der Waals surface area contributed by atoms with Crippen LogP contribution in [0.4, 0.5) is 10.2 Å². The number of nitrogens with zero attached hydrogens (tertiary/aromatic N) is 2. The number of nitriles is 1. The van der Waals surface area contributed by atoms with Gasteiger partial charge in [-0.15, -0.1) is 0 Å². The van der Waals surface area contributed by atoms with Crippen molar-refractivity contribution < 1.29 is 9.13 Å². The molecule has 0 unspecified atom stereocenters. The van der Waals surface area contributed by atoms with Crippen LogP contribution in [0.1, 0.15) is 11.3 Å². The molecule has 4 nitrogen and oxygen atoms in total. The molecule has 0 fully saturated rings. The van der Waals surface area contributed by atoms with Gasteiger partial charge in [0.2, 0.25) is 0 Å². The van der Waals surface area contributed by atoms with Gasteiger partial charge in [-0.05, 0) is 19.1 Å². The van der Waals surface area contributed by atoms with E-state index in [0.717, 1.165) is 5.56 Å². The summed E-state index contributed by atoms with van der Waals surface area (Å²) in [5.74, 6) is 0.260. The zero-order valence-corrected chi connectivity index (χ0v) is 13.9. The molecular weight excluding hydrogens is 317 g/mol. The highest BCUT2D eigenvalue weighted by atomic mass is 19.1. The molecule has 5 heteroatoms. The highest BCUT2D eigenvalue weighted by Gasteiger charge is 2.23. The minimum Gasteiger partial charge on any atom is -0.496 e. The average Bonchev–Trinajstić information content (AvgIpc) is 2.62. The first-order valence-electron chi connectivity index (χ1n) is 7.67. The predicted octanol–water partition coefficient (Wildman–Crippen LogP) is 4.33. The number of aryl methyl sites for hydroxylation is 1. The summed E-state index contributed by atoms with van der Waals surface area (Å²) in [5, 5.41) is 9.62. The Balaban J connectivity index is 2.48. The van der Waals surface area contributed by atoms with Crippen LogP contribution in [-0.2, 0) is 0 Å². The number of hydrogen-bond acceptors (Lipinski definition) is 4. The molecule has 0 radical (unpaired) electrons. The van der Waals surface area contributed by atoms with Crippen LogP contribution >= 0.6 is 0 Å². The molecule has 0 aliphatic rings. The molecular formula is C20H16FN3O. The van der Waals surface area contributed by atoms with Crippen LogP contribution in [0.2, 0.25) is 0 Å². The number of rotatable bonds is 3. The third kappa shape index (κ3) is 2.79. The van der Waals surface area contributed by atoms with Crippen LogP contribution in [0.25, 0.3) is 22.3 Å². The van der Waals surface area contributed by atoms with Crippen LogP contribution in [-0.4, -0.2) is 12.1 Å². The molecule has 2 aromatic carbocycles. The predicted molar refractivity (Wildman–Crippen MR) is 95.5 cm³/mol. The van der Waals surface area contributed by atoms with Crippen molar-refractivity contribution in [2.45, 2.75) is 6.92 Å². The smallest absolute Gasteiger partial charge is 0.142 e. The molecule has 0 bridgehead atoms. The van der Waals surface area contributed by atoms with Crippen LogP contribution in [0.5, 0.6) is 5.75 Å². The van der Waals surface area contributed by atoms with Crippen LogP contribution in [0, 0.1) is 24.1 Å². The van der Waals surface area contributed by atoms with E-state index < -0.39 is 5.82 Å². The van der Waals surface area contributed by atoms with E-state index in [-0.39, 0.29) is 11.4 Å². The number of para-hydroxylation sites is 1. The number of methoxy groups -OCH3 is 1. The van der Waals surface area contributed by atoms with Gasteiger partial charge in [-0.3, -0.25) is 0 Å². The van der Waals surface area contributed by atoms with E-state index in [1.165, 1.54) is 6.07 Å². The van der Waals surface area contributed by atoms with Crippen molar-refractivity contribution in [1.29, 1.82) is 5.26 Å². The fourth-order valence-corrected chi connectivity index (χ4v) is 2.95. The molecule has 0 saturated heterocycles. The number of benzene rings is 2. The molecule has 0 aliphatic heterocycles. The number of hydrogen-bond donors (Lipinski definition) is 1. The molecule has 0 spiro atoms. The largest absolute Gasteiger partial charge is 0.496 e. The molecule has 3 aromatic rings. The fourth-order valence-electron chi connectivity index (χ4n) is 2.95. The summed E-state index contributed by atoms with van der Waals surface area (Å²) < 4.78 is 20.0. The Morgan fingerprint density at radius 1 is 1.04 bits per heavy atom. The number of anilines is 1. The lowest BCUT2D eigenvalue weighted by molar-refractivity contribution is 0.416. The Bertz CT molecular complexity index is 993. The highest BCUT2D eigenvalue weighted by Crippen LogP contribution is 2.42. The van der Waals surface area contributed by atoms with Gasteiger partial charge in [0.15, 0.2) is 0 Å². The van der Waals surface area contributed by atoms with Crippen LogP contribution in [0.3, 0.4) is 0 Å². The highest BCUT2D eigenvalue weighted by molar-refractivity contribution is 5.92. The van der Waals surface area contributed by atoms with Gasteiger partial charge in [0.05, 0.1) is 7.11 Å². The van der Waals surface area contributed by atoms with Crippen molar-refractivity contribution in [3.05, 3.63) is 65.6 Å². The van der Waals surface area contributed by atoms with Gasteiger partial charge >= 0.3 is 0 Å². The van der Waals surface area contributed by atoms with Crippen LogP contribution < -0.4 is 10.5 Å².